The summed E-state index contributed by atoms with van der Waals surface area (Å²) in [6.07, 6.45) is 1.09. The molecule has 0 heterocycles. The van der Waals surface area contributed by atoms with Crippen molar-refractivity contribution in [2.75, 3.05) is 0 Å². The lowest BCUT2D eigenvalue weighted by molar-refractivity contribution is 0.241. The molecule has 0 aliphatic carbocycles. The third kappa shape index (κ3) is 6.85. The van der Waals surface area contributed by atoms with E-state index >= 15 is 0 Å². The van der Waals surface area contributed by atoms with Crippen molar-refractivity contribution in [2.45, 2.75) is 53.1 Å². The second-order valence-electron chi connectivity index (χ2n) is 6.68. The molecule has 0 saturated carbocycles. The quantitative estimate of drug-likeness (QED) is 0.747. The molecule has 19 heavy (non-hydrogen) atoms. The zero-order valence-corrected chi connectivity index (χ0v) is 14.6. The Morgan fingerprint density at radius 3 is 1.89 bits per heavy atom. The summed E-state index contributed by atoms with van der Waals surface area (Å²) in [5.41, 5.74) is 1.32. The lowest BCUT2D eigenvalue weighted by atomic mass is 9.82. The van der Waals surface area contributed by atoms with Gasteiger partial charge in [-0.3, -0.25) is 0 Å². The molecule has 1 rings (SSSR count). The largest absolute Gasteiger partial charge is 0.308 e. The summed E-state index contributed by atoms with van der Waals surface area (Å²) >= 11 is 12.3. The van der Waals surface area contributed by atoms with Gasteiger partial charge in [-0.2, -0.15) is 0 Å². The first-order valence-electron chi connectivity index (χ1n) is 6.29. The molecule has 1 aromatic rings. The number of halogens is 3. The fraction of sp³-hybridized carbons (Fsp3) is 0.600. The molecular formula is C15H24Cl3N. The van der Waals surface area contributed by atoms with Gasteiger partial charge in [0, 0.05) is 27.7 Å². The van der Waals surface area contributed by atoms with E-state index in [1.807, 2.05) is 18.2 Å². The van der Waals surface area contributed by atoms with Gasteiger partial charge < -0.3 is 5.32 Å². The van der Waals surface area contributed by atoms with Crippen LogP contribution in [-0.2, 0) is 6.54 Å². The van der Waals surface area contributed by atoms with E-state index in [4.69, 9.17) is 23.2 Å². The minimum atomic E-state index is 0. The van der Waals surface area contributed by atoms with E-state index in [2.05, 4.69) is 39.9 Å². The molecule has 0 unspecified atom stereocenters. The lowest BCUT2D eigenvalue weighted by Gasteiger charge is -2.33. The smallest absolute Gasteiger partial charge is 0.0465 e. The van der Waals surface area contributed by atoms with Crippen molar-refractivity contribution >= 4 is 35.6 Å². The third-order valence-corrected chi connectivity index (χ3v) is 3.49. The van der Waals surface area contributed by atoms with Crippen molar-refractivity contribution in [3.8, 4) is 0 Å². The summed E-state index contributed by atoms with van der Waals surface area (Å²) in [7, 11) is 0. The normalized spacial score (nSPS) is 12.2. The minimum Gasteiger partial charge on any atom is -0.308 e. The molecule has 0 aliphatic heterocycles. The maximum atomic E-state index is 6.17. The van der Waals surface area contributed by atoms with Crippen LogP contribution in [0.4, 0.5) is 0 Å². The molecule has 4 heteroatoms. The van der Waals surface area contributed by atoms with E-state index in [-0.39, 0.29) is 17.9 Å². The van der Waals surface area contributed by atoms with Crippen molar-refractivity contribution in [3.63, 3.8) is 0 Å². The highest BCUT2D eigenvalue weighted by atomic mass is 35.5. The molecule has 0 bridgehead atoms. The van der Waals surface area contributed by atoms with Crippen LogP contribution >= 0.6 is 35.6 Å². The van der Waals surface area contributed by atoms with Gasteiger partial charge in [-0.15, -0.1) is 12.4 Å². The number of nitrogens with one attached hydrogen (secondary N) is 1. The van der Waals surface area contributed by atoms with Crippen LogP contribution in [0.2, 0.25) is 10.0 Å². The third-order valence-electron chi connectivity index (χ3n) is 2.78. The molecule has 1 nitrogen and oxygen atoms in total. The topological polar surface area (TPSA) is 12.0 Å². The molecule has 0 atom stereocenters. The van der Waals surface area contributed by atoms with Crippen LogP contribution in [0, 0.1) is 5.41 Å². The molecule has 0 fully saturated rings. The van der Waals surface area contributed by atoms with Crippen LogP contribution in [0.1, 0.15) is 46.6 Å². The van der Waals surface area contributed by atoms with Crippen molar-refractivity contribution in [2.24, 2.45) is 5.41 Å². The molecule has 0 amide bonds. The summed E-state index contributed by atoms with van der Waals surface area (Å²) in [6.45, 7) is 11.9. The molecule has 0 aromatic heterocycles. The first-order chi connectivity index (χ1) is 8.11. The highest BCUT2D eigenvalue weighted by Gasteiger charge is 2.25. The Morgan fingerprint density at radius 2 is 1.47 bits per heavy atom. The standard InChI is InChI=1S/C15H23Cl2N.ClH/c1-14(2,3)10-15(4,5)18-9-11-12(16)7-6-8-13(11)17;/h6-8,18H,9-10H2,1-5H3;1H. The summed E-state index contributed by atoms with van der Waals surface area (Å²) in [4.78, 5) is 0. The fourth-order valence-corrected chi connectivity index (χ4v) is 2.95. The van der Waals surface area contributed by atoms with Crippen LogP contribution in [0.25, 0.3) is 0 Å². The Hall–Kier alpha value is 0.0500. The Morgan fingerprint density at radius 1 is 1.00 bits per heavy atom. The first-order valence-corrected chi connectivity index (χ1v) is 7.04. The number of rotatable bonds is 4. The molecule has 0 spiro atoms. The zero-order valence-electron chi connectivity index (χ0n) is 12.3. The van der Waals surface area contributed by atoms with Gasteiger partial charge in [-0.05, 0) is 37.8 Å². The van der Waals surface area contributed by atoms with Crippen LogP contribution < -0.4 is 5.32 Å². The second-order valence-corrected chi connectivity index (χ2v) is 7.49. The van der Waals surface area contributed by atoms with Crippen molar-refractivity contribution in [1.29, 1.82) is 0 Å². The molecule has 0 radical (unpaired) electrons. The number of hydrogen-bond acceptors (Lipinski definition) is 1. The van der Waals surface area contributed by atoms with Crippen molar-refractivity contribution in [1.82, 2.24) is 5.32 Å². The Kier molecular flexibility index (Phi) is 7.19. The highest BCUT2D eigenvalue weighted by Crippen LogP contribution is 2.29. The predicted molar refractivity (Wildman–Crippen MR) is 88.7 cm³/mol. The molecule has 1 N–H and O–H groups in total. The molecular weight excluding hydrogens is 301 g/mol. The average molecular weight is 325 g/mol. The van der Waals surface area contributed by atoms with Gasteiger partial charge in [0.1, 0.15) is 0 Å². The van der Waals surface area contributed by atoms with Crippen molar-refractivity contribution < 1.29 is 0 Å². The Balaban J connectivity index is 0.00000324. The van der Waals surface area contributed by atoms with E-state index in [0.717, 1.165) is 22.0 Å². The Bertz CT molecular complexity index is 388. The SMILES string of the molecule is CC(C)(C)CC(C)(C)NCc1c(Cl)cccc1Cl.Cl. The van der Waals surface area contributed by atoms with Gasteiger partial charge in [0.2, 0.25) is 0 Å². The lowest BCUT2D eigenvalue weighted by Crippen LogP contribution is -2.41. The summed E-state index contributed by atoms with van der Waals surface area (Å²) < 4.78 is 0. The predicted octanol–water partition coefficient (Wildman–Crippen LogP) is 5.72. The van der Waals surface area contributed by atoms with Gasteiger partial charge in [0.15, 0.2) is 0 Å². The minimum absolute atomic E-state index is 0. The van der Waals surface area contributed by atoms with E-state index in [9.17, 15) is 0 Å². The first kappa shape index (κ1) is 19.1. The monoisotopic (exact) mass is 323 g/mol. The van der Waals surface area contributed by atoms with Crippen LogP contribution in [0.3, 0.4) is 0 Å². The van der Waals surface area contributed by atoms with Gasteiger partial charge in [-0.25, -0.2) is 0 Å². The summed E-state index contributed by atoms with van der Waals surface area (Å²) in [6, 6.07) is 5.62. The molecule has 0 saturated heterocycles. The van der Waals surface area contributed by atoms with Gasteiger partial charge in [-0.1, -0.05) is 50.0 Å². The zero-order chi connectivity index (χ0) is 14.0. The van der Waals surface area contributed by atoms with E-state index in [0.29, 0.717) is 12.0 Å². The number of hydrogen-bond donors (Lipinski definition) is 1. The second kappa shape index (κ2) is 7.17. The maximum Gasteiger partial charge on any atom is 0.0465 e. The maximum absolute atomic E-state index is 6.17. The Labute approximate surface area is 133 Å². The number of benzene rings is 1. The summed E-state index contributed by atoms with van der Waals surface area (Å²) in [5, 5.41) is 4.99. The van der Waals surface area contributed by atoms with Crippen LogP contribution in [-0.4, -0.2) is 5.54 Å². The van der Waals surface area contributed by atoms with E-state index in [1.54, 1.807) is 0 Å². The van der Waals surface area contributed by atoms with E-state index in [1.165, 1.54) is 0 Å². The van der Waals surface area contributed by atoms with Crippen molar-refractivity contribution in [3.05, 3.63) is 33.8 Å². The molecule has 1 aromatic carbocycles. The molecule has 110 valence electrons. The van der Waals surface area contributed by atoms with Gasteiger partial charge in [0.05, 0.1) is 0 Å². The van der Waals surface area contributed by atoms with Gasteiger partial charge in [0.25, 0.3) is 0 Å². The van der Waals surface area contributed by atoms with Gasteiger partial charge >= 0.3 is 0 Å². The summed E-state index contributed by atoms with van der Waals surface area (Å²) in [5.74, 6) is 0. The fourth-order valence-electron chi connectivity index (χ4n) is 2.42. The average Bonchev–Trinajstić information content (AvgIpc) is 2.12. The van der Waals surface area contributed by atoms with E-state index < -0.39 is 0 Å². The molecule has 0 aliphatic rings. The highest BCUT2D eigenvalue weighted by molar-refractivity contribution is 6.35. The van der Waals surface area contributed by atoms with Crippen LogP contribution in [0.15, 0.2) is 18.2 Å². The van der Waals surface area contributed by atoms with Crippen LogP contribution in [0.5, 0.6) is 0 Å².